The highest BCUT2D eigenvalue weighted by Gasteiger charge is 2.33. The number of rotatable bonds is 6. The van der Waals surface area contributed by atoms with Crippen LogP contribution < -0.4 is 10.0 Å². The van der Waals surface area contributed by atoms with Gasteiger partial charge in [-0.2, -0.15) is 0 Å². The molecular formula is C14H20BrFN2O2S. The SMILES string of the molecule is CNCc1cc(Br)cc(S(=O)(=O)NCC2(C)CCC2)c1F. The van der Waals surface area contributed by atoms with E-state index in [2.05, 4.69) is 26.0 Å². The van der Waals surface area contributed by atoms with Crippen molar-refractivity contribution < 1.29 is 12.8 Å². The fourth-order valence-corrected chi connectivity index (χ4v) is 4.44. The van der Waals surface area contributed by atoms with Gasteiger partial charge in [0.25, 0.3) is 0 Å². The third-order valence-electron chi connectivity index (χ3n) is 3.99. The van der Waals surface area contributed by atoms with Crippen molar-refractivity contribution >= 4 is 26.0 Å². The molecule has 118 valence electrons. The van der Waals surface area contributed by atoms with Crippen molar-refractivity contribution in [1.29, 1.82) is 0 Å². The lowest BCUT2D eigenvalue weighted by Gasteiger charge is -2.38. The Morgan fingerprint density at radius 1 is 1.38 bits per heavy atom. The molecule has 1 saturated carbocycles. The summed E-state index contributed by atoms with van der Waals surface area (Å²) in [6.45, 7) is 2.66. The predicted octanol–water partition coefficient (Wildman–Crippen LogP) is 2.78. The maximum atomic E-state index is 14.4. The van der Waals surface area contributed by atoms with Gasteiger partial charge in [0.2, 0.25) is 10.0 Å². The van der Waals surface area contributed by atoms with Crippen molar-refractivity contribution in [2.24, 2.45) is 5.41 Å². The van der Waals surface area contributed by atoms with Gasteiger partial charge in [0.05, 0.1) is 0 Å². The van der Waals surface area contributed by atoms with E-state index in [1.165, 1.54) is 6.07 Å². The Labute approximate surface area is 133 Å². The van der Waals surface area contributed by atoms with Crippen molar-refractivity contribution in [2.45, 2.75) is 37.6 Å². The van der Waals surface area contributed by atoms with Gasteiger partial charge in [0.1, 0.15) is 10.7 Å². The Balaban J connectivity index is 2.26. The molecule has 0 heterocycles. The van der Waals surface area contributed by atoms with Crippen molar-refractivity contribution in [3.8, 4) is 0 Å². The summed E-state index contributed by atoms with van der Waals surface area (Å²) in [5.41, 5.74) is 0.325. The van der Waals surface area contributed by atoms with Crippen LogP contribution in [-0.4, -0.2) is 22.0 Å². The van der Waals surface area contributed by atoms with Crippen LogP contribution in [0.5, 0.6) is 0 Å². The van der Waals surface area contributed by atoms with Gasteiger partial charge in [0.15, 0.2) is 0 Å². The second kappa shape index (κ2) is 6.32. The van der Waals surface area contributed by atoms with Gasteiger partial charge in [-0.05, 0) is 37.4 Å². The monoisotopic (exact) mass is 378 g/mol. The number of sulfonamides is 1. The minimum atomic E-state index is -3.85. The van der Waals surface area contributed by atoms with Crippen molar-refractivity contribution in [3.05, 3.63) is 28.0 Å². The average molecular weight is 379 g/mol. The lowest BCUT2D eigenvalue weighted by molar-refractivity contribution is 0.166. The molecule has 0 unspecified atom stereocenters. The third-order valence-corrected chi connectivity index (χ3v) is 5.84. The predicted molar refractivity (Wildman–Crippen MR) is 84.0 cm³/mol. The molecule has 7 heteroatoms. The van der Waals surface area contributed by atoms with Crippen LogP contribution in [-0.2, 0) is 16.6 Å². The molecule has 0 saturated heterocycles. The second-order valence-corrected chi connectivity index (χ2v) is 8.55. The topological polar surface area (TPSA) is 58.2 Å². The first-order valence-electron chi connectivity index (χ1n) is 6.90. The Morgan fingerprint density at radius 3 is 2.57 bits per heavy atom. The minimum Gasteiger partial charge on any atom is -0.316 e. The van der Waals surface area contributed by atoms with E-state index in [9.17, 15) is 12.8 Å². The van der Waals surface area contributed by atoms with Gasteiger partial charge in [-0.3, -0.25) is 0 Å². The molecule has 0 spiro atoms. The van der Waals surface area contributed by atoms with E-state index in [4.69, 9.17) is 0 Å². The Kier molecular flexibility index (Phi) is 5.07. The summed E-state index contributed by atoms with van der Waals surface area (Å²) >= 11 is 3.24. The second-order valence-electron chi connectivity index (χ2n) is 5.90. The molecule has 1 aromatic rings. The molecule has 21 heavy (non-hydrogen) atoms. The summed E-state index contributed by atoms with van der Waals surface area (Å²) in [6.07, 6.45) is 3.12. The zero-order chi connectivity index (χ0) is 15.7. The summed E-state index contributed by atoms with van der Waals surface area (Å²) in [6, 6.07) is 2.89. The van der Waals surface area contributed by atoms with Gasteiger partial charge in [-0.25, -0.2) is 17.5 Å². The van der Waals surface area contributed by atoms with E-state index in [-0.39, 0.29) is 16.9 Å². The van der Waals surface area contributed by atoms with Crippen LogP contribution in [0.25, 0.3) is 0 Å². The first kappa shape index (κ1) is 16.9. The highest BCUT2D eigenvalue weighted by atomic mass is 79.9. The average Bonchev–Trinajstić information content (AvgIpc) is 2.38. The third kappa shape index (κ3) is 3.83. The zero-order valence-electron chi connectivity index (χ0n) is 12.2. The Bertz CT molecular complexity index is 630. The molecule has 1 aromatic carbocycles. The number of benzene rings is 1. The molecule has 1 aliphatic rings. The highest BCUT2D eigenvalue weighted by Crippen LogP contribution is 2.39. The molecule has 2 rings (SSSR count). The smallest absolute Gasteiger partial charge is 0.243 e. The first-order chi connectivity index (χ1) is 9.77. The molecule has 4 nitrogen and oxygen atoms in total. The van der Waals surface area contributed by atoms with E-state index >= 15 is 0 Å². The van der Waals surface area contributed by atoms with E-state index in [0.717, 1.165) is 19.3 Å². The van der Waals surface area contributed by atoms with Crippen LogP contribution in [0, 0.1) is 11.2 Å². The summed E-state index contributed by atoms with van der Waals surface area (Å²) in [4.78, 5) is -0.301. The maximum absolute atomic E-state index is 14.4. The van der Waals surface area contributed by atoms with Crippen LogP contribution in [0.15, 0.2) is 21.5 Å². The van der Waals surface area contributed by atoms with Gasteiger partial charge >= 0.3 is 0 Å². The lowest BCUT2D eigenvalue weighted by Crippen LogP contribution is -2.40. The summed E-state index contributed by atoms with van der Waals surface area (Å²) in [7, 11) is -2.16. The molecule has 0 aliphatic heterocycles. The maximum Gasteiger partial charge on any atom is 0.243 e. The highest BCUT2D eigenvalue weighted by molar-refractivity contribution is 9.10. The lowest BCUT2D eigenvalue weighted by atomic mass is 9.71. The van der Waals surface area contributed by atoms with Gasteiger partial charge in [-0.1, -0.05) is 29.3 Å². The minimum absolute atomic E-state index is 0.00334. The quantitative estimate of drug-likeness (QED) is 0.799. The molecule has 1 aliphatic carbocycles. The Morgan fingerprint density at radius 2 is 2.05 bits per heavy atom. The molecule has 0 aromatic heterocycles. The fourth-order valence-electron chi connectivity index (χ4n) is 2.44. The number of nitrogens with one attached hydrogen (secondary N) is 2. The largest absolute Gasteiger partial charge is 0.316 e. The summed E-state index contributed by atoms with van der Waals surface area (Å²) in [5, 5.41) is 2.83. The van der Waals surface area contributed by atoms with Gasteiger partial charge in [0, 0.05) is 23.1 Å². The molecular weight excluding hydrogens is 359 g/mol. The Hall–Kier alpha value is -0.500. The van der Waals surface area contributed by atoms with Crippen LogP contribution in [0.2, 0.25) is 0 Å². The number of hydrogen-bond acceptors (Lipinski definition) is 3. The van der Waals surface area contributed by atoms with Crippen LogP contribution >= 0.6 is 15.9 Å². The molecule has 0 radical (unpaired) electrons. The summed E-state index contributed by atoms with van der Waals surface area (Å²) in [5.74, 6) is -0.696. The number of halogens is 2. The van der Waals surface area contributed by atoms with Crippen LogP contribution in [0.3, 0.4) is 0 Å². The molecule has 0 amide bonds. The normalized spacial score (nSPS) is 17.5. The van der Waals surface area contributed by atoms with E-state index in [1.54, 1.807) is 13.1 Å². The van der Waals surface area contributed by atoms with E-state index in [1.807, 2.05) is 6.92 Å². The van der Waals surface area contributed by atoms with Gasteiger partial charge < -0.3 is 5.32 Å². The standard InChI is InChI=1S/C14H20BrFN2O2S/c1-14(4-3-5-14)9-18-21(19,20)12-7-11(15)6-10(8-17-2)13(12)16/h6-7,17-18H,3-5,8-9H2,1-2H3. The van der Waals surface area contributed by atoms with E-state index in [0.29, 0.717) is 16.6 Å². The molecule has 0 bridgehead atoms. The molecule has 2 N–H and O–H groups in total. The molecule has 0 atom stereocenters. The van der Waals surface area contributed by atoms with Crippen LogP contribution in [0.1, 0.15) is 31.7 Å². The molecule has 1 fully saturated rings. The zero-order valence-corrected chi connectivity index (χ0v) is 14.6. The number of hydrogen-bond donors (Lipinski definition) is 2. The van der Waals surface area contributed by atoms with Gasteiger partial charge in [-0.15, -0.1) is 0 Å². The van der Waals surface area contributed by atoms with Crippen molar-refractivity contribution in [3.63, 3.8) is 0 Å². The fraction of sp³-hybridized carbons (Fsp3) is 0.571. The van der Waals surface area contributed by atoms with E-state index < -0.39 is 15.8 Å². The summed E-state index contributed by atoms with van der Waals surface area (Å²) < 4.78 is 42.2. The first-order valence-corrected chi connectivity index (χ1v) is 9.17. The van der Waals surface area contributed by atoms with Crippen molar-refractivity contribution in [2.75, 3.05) is 13.6 Å². The van der Waals surface area contributed by atoms with Crippen molar-refractivity contribution in [1.82, 2.24) is 10.0 Å². The van der Waals surface area contributed by atoms with Crippen LogP contribution in [0.4, 0.5) is 4.39 Å².